The topological polar surface area (TPSA) is 75.8 Å². The van der Waals surface area contributed by atoms with Gasteiger partial charge in [0.25, 0.3) is 0 Å². The van der Waals surface area contributed by atoms with Crippen LogP contribution >= 0.6 is 0 Å². The van der Waals surface area contributed by atoms with Crippen molar-refractivity contribution in [1.29, 1.82) is 0 Å². The van der Waals surface area contributed by atoms with Crippen LogP contribution in [0.4, 0.5) is 0 Å². The average Bonchev–Trinajstić information content (AvgIpc) is 2.93. The Hall–Kier alpha value is -2.46. The van der Waals surface area contributed by atoms with Gasteiger partial charge in [0.1, 0.15) is 5.75 Å². The van der Waals surface area contributed by atoms with Gasteiger partial charge in [0, 0.05) is 16.8 Å². The minimum absolute atomic E-state index is 0.212. The van der Waals surface area contributed by atoms with Gasteiger partial charge in [-0.05, 0) is 35.2 Å². The molecule has 0 radical (unpaired) electrons. The van der Waals surface area contributed by atoms with E-state index in [1.165, 1.54) is 0 Å². The third kappa shape index (κ3) is 3.55. The molecule has 1 unspecified atom stereocenters. The van der Waals surface area contributed by atoms with Gasteiger partial charge in [0.15, 0.2) is 0 Å². The highest BCUT2D eigenvalue weighted by Gasteiger charge is 2.18. The molecule has 1 heterocycles. The SMILES string of the molecule is COc1ccc(Cn2nccc2C(N=[N+]=[N-])C(C)C)cc1. The fraction of sp³-hybridized carbons (Fsp3) is 0.400. The van der Waals surface area contributed by atoms with Crippen LogP contribution in [0.5, 0.6) is 5.75 Å². The fourth-order valence-corrected chi connectivity index (χ4v) is 2.22. The summed E-state index contributed by atoms with van der Waals surface area (Å²) in [6, 6.07) is 9.54. The van der Waals surface area contributed by atoms with Crippen LogP contribution in [-0.4, -0.2) is 16.9 Å². The summed E-state index contributed by atoms with van der Waals surface area (Å²) in [4.78, 5) is 2.95. The molecule has 0 amide bonds. The summed E-state index contributed by atoms with van der Waals surface area (Å²) in [5.74, 6) is 1.04. The molecule has 1 atom stereocenters. The molecule has 0 aliphatic carbocycles. The smallest absolute Gasteiger partial charge is 0.118 e. The Bertz CT molecular complexity index is 626. The number of nitrogens with zero attached hydrogens (tertiary/aromatic N) is 5. The summed E-state index contributed by atoms with van der Waals surface area (Å²) < 4.78 is 7.03. The van der Waals surface area contributed by atoms with E-state index in [2.05, 4.69) is 15.1 Å². The molecule has 1 aromatic carbocycles. The third-order valence-corrected chi connectivity index (χ3v) is 3.35. The Kier molecular flexibility index (Phi) is 4.85. The molecule has 21 heavy (non-hydrogen) atoms. The Morgan fingerprint density at radius 3 is 2.57 bits per heavy atom. The molecule has 0 N–H and O–H groups in total. The Balaban J connectivity index is 2.24. The van der Waals surface area contributed by atoms with Crippen LogP contribution in [-0.2, 0) is 6.54 Å². The molecule has 0 spiro atoms. The molecule has 0 saturated carbocycles. The second-order valence-corrected chi connectivity index (χ2v) is 5.16. The molecule has 0 saturated heterocycles. The van der Waals surface area contributed by atoms with Gasteiger partial charge in [-0.3, -0.25) is 4.68 Å². The number of azide groups is 1. The lowest BCUT2D eigenvalue weighted by atomic mass is 10.0. The average molecular weight is 285 g/mol. The van der Waals surface area contributed by atoms with Crippen molar-refractivity contribution in [2.45, 2.75) is 26.4 Å². The number of rotatable bonds is 6. The van der Waals surface area contributed by atoms with Crippen molar-refractivity contribution in [2.75, 3.05) is 7.11 Å². The zero-order chi connectivity index (χ0) is 15.2. The normalized spacial score (nSPS) is 12.0. The maximum Gasteiger partial charge on any atom is 0.118 e. The first kappa shape index (κ1) is 14.9. The van der Waals surface area contributed by atoms with Crippen LogP contribution < -0.4 is 4.74 Å². The van der Waals surface area contributed by atoms with Crippen LogP contribution in [0.25, 0.3) is 10.4 Å². The van der Waals surface area contributed by atoms with E-state index in [1.807, 2.05) is 48.9 Å². The molecule has 6 heteroatoms. The molecule has 1 aromatic heterocycles. The second-order valence-electron chi connectivity index (χ2n) is 5.16. The van der Waals surface area contributed by atoms with Gasteiger partial charge in [-0.25, -0.2) is 0 Å². The van der Waals surface area contributed by atoms with Gasteiger partial charge in [0.05, 0.1) is 19.7 Å². The summed E-state index contributed by atoms with van der Waals surface area (Å²) >= 11 is 0. The van der Waals surface area contributed by atoms with Crippen LogP contribution in [0.1, 0.15) is 31.1 Å². The number of ether oxygens (including phenoxy) is 1. The largest absolute Gasteiger partial charge is 0.497 e. The standard InChI is InChI=1S/C15H19N5O/c1-11(2)15(18-19-16)14-8-9-17-20(14)10-12-4-6-13(21-3)7-5-12/h4-9,11,15H,10H2,1-3H3. The first-order valence-electron chi connectivity index (χ1n) is 6.84. The lowest BCUT2D eigenvalue weighted by molar-refractivity contribution is 0.414. The zero-order valence-corrected chi connectivity index (χ0v) is 12.5. The van der Waals surface area contributed by atoms with Crippen molar-refractivity contribution < 1.29 is 4.74 Å². The summed E-state index contributed by atoms with van der Waals surface area (Å²) in [6.45, 7) is 4.70. The van der Waals surface area contributed by atoms with E-state index in [4.69, 9.17) is 10.3 Å². The van der Waals surface area contributed by atoms with Crippen molar-refractivity contribution in [3.8, 4) is 5.75 Å². The van der Waals surface area contributed by atoms with Crippen molar-refractivity contribution in [2.24, 2.45) is 11.0 Å². The maximum absolute atomic E-state index is 8.74. The molecule has 0 aliphatic heterocycles. The maximum atomic E-state index is 8.74. The first-order chi connectivity index (χ1) is 10.2. The van der Waals surface area contributed by atoms with Crippen LogP contribution in [0.3, 0.4) is 0 Å². The number of hydrogen-bond donors (Lipinski definition) is 0. The van der Waals surface area contributed by atoms with Gasteiger partial charge in [-0.15, -0.1) is 0 Å². The van der Waals surface area contributed by atoms with E-state index in [1.54, 1.807) is 13.3 Å². The Morgan fingerprint density at radius 1 is 1.29 bits per heavy atom. The van der Waals surface area contributed by atoms with Crippen molar-refractivity contribution in [1.82, 2.24) is 9.78 Å². The first-order valence-corrected chi connectivity index (χ1v) is 6.84. The quantitative estimate of drug-likeness (QED) is 0.458. The van der Waals surface area contributed by atoms with E-state index < -0.39 is 0 Å². The number of aromatic nitrogens is 2. The highest BCUT2D eigenvalue weighted by molar-refractivity contribution is 5.27. The van der Waals surface area contributed by atoms with Crippen molar-refractivity contribution in [3.05, 3.63) is 58.2 Å². The van der Waals surface area contributed by atoms with Crippen LogP contribution in [0, 0.1) is 5.92 Å². The molecular weight excluding hydrogens is 266 g/mol. The molecule has 2 aromatic rings. The molecule has 0 bridgehead atoms. The van der Waals surface area contributed by atoms with E-state index in [0.717, 1.165) is 17.0 Å². The molecular formula is C15H19N5O. The van der Waals surface area contributed by atoms with Crippen molar-refractivity contribution in [3.63, 3.8) is 0 Å². The Labute approximate surface area is 124 Å². The lowest BCUT2D eigenvalue weighted by Crippen LogP contribution is -2.12. The molecule has 6 nitrogen and oxygen atoms in total. The lowest BCUT2D eigenvalue weighted by Gasteiger charge is -2.17. The molecule has 110 valence electrons. The second kappa shape index (κ2) is 6.81. The van der Waals surface area contributed by atoms with Gasteiger partial charge >= 0.3 is 0 Å². The number of hydrogen-bond acceptors (Lipinski definition) is 3. The summed E-state index contributed by atoms with van der Waals surface area (Å²) in [7, 11) is 1.65. The van der Waals surface area contributed by atoms with Crippen LogP contribution in [0.15, 0.2) is 41.6 Å². The van der Waals surface area contributed by atoms with Crippen molar-refractivity contribution >= 4 is 0 Å². The fourth-order valence-electron chi connectivity index (χ4n) is 2.22. The predicted molar refractivity (Wildman–Crippen MR) is 81.0 cm³/mol. The van der Waals surface area contributed by atoms with Crippen LogP contribution in [0.2, 0.25) is 0 Å². The highest BCUT2D eigenvalue weighted by Crippen LogP contribution is 2.26. The van der Waals surface area contributed by atoms with E-state index in [0.29, 0.717) is 6.54 Å². The minimum Gasteiger partial charge on any atom is -0.497 e. The van der Waals surface area contributed by atoms with Gasteiger partial charge in [-0.1, -0.05) is 31.1 Å². The molecule has 0 fully saturated rings. The molecule has 2 rings (SSSR count). The highest BCUT2D eigenvalue weighted by atomic mass is 16.5. The molecule has 0 aliphatic rings. The minimum atomic E-state index is -0.212. The van der Waals surface area contributed by atoms with Gasteiger partial charge < -0.3 is 4.74 Å². The van der Waals surface area contributed by atoms with Gasteiger partial charge in [0.2, 0.25) is 0 Å². The number of methoxy groups -OCH3 is 1. The Morgan fingerprint density at radius 2 is 2.00 bits per heavy atom. The predicted octanol–water partition coefficient (Wildman–Crippen LogP) is 3.95. The van der Waals surface area contributed by atoms with Gasteiger partial charge in [-0.2, -0.15) is 5.10 Å². The monoisotopic (exact) mass is 285 g/mol. The summed E-state index contributed by atoms with van der Waals surface area (Å²) in [6.07, 6.45) is 1.74. The zero-order valence-electron chi connectivity index (χ0n) is 12.5. The van der Waals surface area contributed by atoms with E-state index >= 15 is 0 Å². The van der Waals surface area contributed by atoms with E-state index in [9.17, 15) is 0 Å². The summed E-state index contributed by atoms with van der Waals surface area (Å²) in [5.41, 5.74) is 10.8. The van der Waals surface area contributed by atoms with E-state index in [-0.39, 0.29) is 12.0 Å². The number of benzene rings is 1. The summed E-state index contributed by atoms with van der Waals surface area (Å²) in [5, 5.41) is 8.24. The third-order valence-electron chi connectivity index (χ3n) is 3.35.